The fraction of sp³-hybridized carbons (Fsp3) is 0.750. The zero-order valence-electron chi connectivity index (χ0n) is 9.38. The van der Waals surface area contributed by atoms with Gasteiger partial charge in [0.15, 0.2) is 0 Å². The Labute approximate surface area is 87.0 Å². The van der Waals surface area contributed by atoms with Gasteiger partial charge in [-0.1, -0.05) is 52.0 Å². The van der Waals surface area contributed by atoms with Crippen molar-refractivity contribution in [2.24, 2.45) is 5.92 Å². The Morgan fingerprint density at radius 1 is 1.36 bits per heavy atom. The van der Waals surface area contributed by atoms with E-state index in [2.05, 4.69) is 13.5 Å². The maximum Gasteiger partial charge on any atom is 0.330 e. The summed E-state index contributed by atoms with van der Waals surface area (Å²) in [6.45, 7) is 6.92. The minimum atomic E-state index is -0.935. The molecule has 0 aliphatic heterocycles. The lowest BCUT2D eigenvalue weighted by Crippen LogP contribution is -2.03. The number of carbonyl (C=O) groups is 1. The van der Waals surface area contributed by atoms with E-state index in [9.17, 15) is 4.79 Å². The highest BCUT2D eigenvalue weighted by Gasteiger charge is 2.09. The van der Waals surface area contributed by atoms with Crippen LogP contribution in [0.1, 0.15) is 52.4 Å². The molecule has 0 aromatic rings. The Morgan fingerprint density at radius 2 is 1.79 bits per heavy atom. The molecule has 2 heteroatoms. The third-order valence-electron chi connectivity index (χ3n) is 2.67. The van der Waals surface area contributed by atoms with Crippen molar-refractivity contribution in [3.63, 3.8) is 0 Å². The first kappa shape index (κ1) is 13.2. The maximum absolute atomic E-state index is 9.60. The second-order valence-corrected chi connectivity index (χ2v) is 4.00. The van der Waals surface area contributed by atoms with Gasteiger partial charge in [0.1, 0.15) is 0 Å². The summed E-state index contributed by atoms with van der Waals surface area (Å²) in [6.07, 6.45) is 8.93. The first-order chi connectivity index (χ1) is 6.57. The molecule has 0 atom stereocenters. The van der Waals surface area contributed by atoms with E-state index >= 15 is 0 Å². The Kier molecular flexibility index (Phi) is 7.17. The van der Waals surface area contributed by atoms with Gasteiger partial charge in [0, 0.05) is 5.57 Å². The normalized spacial score (nSPS) is 16.7. The molecule has 0 unspecified atom stereocenters. The van der Waals surface area contributed by atoms with Crippen molar-refractivity contribution in [2.45, 2.75) is 52.4 Å². The van der Waals surface area contributed by atoms with Crippen molar-refractivity contribution < 1.29 is 9.90 Å². The van der Waals surface area contributed by atoms with Gasteiger partial charge in [0.2, 0.25) is 0 Å². The Hall–Kier alpha value is -0.790. The van der Waals surface area contributed by atoms with Gasteiger partial charge in [-0.2, -0.15) is 0 Å². The summed E-state index contributed by atoms with van der Waals surface area (Å²) in [4.78, 5) is 9.60. The Bertz CT molecular complexity index is 167. The van der Waals surface area contributed by atoms with Crippen molar-refractivity contribution >= 4 is 5.97 Å². The van der Waals surface area contributed by atoms with Gasteiger partial charge in [0.05, 0.1) is 0 Å². The highest BCUT2D eigenvalue weighted by atomic mass is 16.4. The molecule has 14 heavy (non-hydrogen) atoms. The minimum absolute atomic E-state index is 0.176. The second-order valence-electron chi connectivity index (χ2n) is 4.00. The van der Waals surface area contributed by atoms with Crippen molar-refractivity contribution in [1.29, 1.82) is 0 Å². The number of carboxylic acids is 1. The summed E-state index contributed by atoms with van der Waals surface area (Å²) >= 11 is 0. The minimum Gasteiger partial charge on any atom is -0.478 e. The Balaban J connectivity index is 0.000000255. The molecular formula is C12H22O2. The zero-order valence-corrected chi connectivity index (χ0v) is 9.38. The second kappa shape index (κ2) is 7.60. The van der Waals surface area contributed by atoms with Gasteiger partial charge in [-0.15, -0.1) is 0 Å². The molecule has 0 spiro atoms. The largest absolute Gasteiger partial charge is 0.478 e. The number of rotatable bonds is 2. The van der Waals surface area contributed by atoms with Gasteiger partial charge in [-0.05, 0) is 12.8 Å². The molecule has 82 valence electrons. The molecule has 0 heterocycles. The Morgan fingerprint density at radius 3 is 2.00 bits per heavy atom. The third kappa shape index (κ3) is 6.70. The molecule has 1 aliphatic carbocycles. The average molecular weight is 198 g/mol. The van der Waals surface area contributed by atoms with Crippen LogP contribution in [0.3, 0.4) is 0 Å². The lowest BCUT2D eigenvalue weighted by Gasteiger charge is -2.18. The average Bonchev–Trinajstić information content (AvgIpc) is 2.20. The number of carboxylic acid groups (broad SMARTS) is 1. The maximum atomic E-state index is 9.60. The lowest BCUT2D eigenvalue weighted by atomic mass is 9.88. The van der Waals surface area contributed by atoms with Crippen LogP contribution >= 0.6 is 0 Å². The molecule has 0 amide bonds. The number of hydrogen-bond donors (Lipinski definition) is 1. The van der Waals surface area contributed by atoms with E-state index < -0.39 is 5.97 Å². The summed E-state index contributed by atoms with van der Waals surface area (Å²) < 4.78 is 0. The predicted molar refractivity (Wildman–Crippen MR) is 59.3 cm³/mol. The van der Waals surface area contributed by atoms with Crippen molar-refractivity contribution in [3.8, 4) is 0 Å². The summed E-state index contributed by atoms with van der Waals surface area (Å²) in [7, 11) is 0. The summed E-state index contributed by atoms with van der Waals surface area (Å²) in [5.74, 6) is 0.152. The summed E-state index contributed by atoms with van der Waals surface area (Å²) in [5.41, 5.74) is 0.176. The van der Waals surface area contributed by atoms with Crippen molar-refractivity contribution in [2.75, 3.05) is 0 Å². The van der Waals surface area contributed by atoms with E-state index in [4.69, 9.17) is 5.11 Å². The van der Waals surface area contributed by atoms with Gasteiger partial charge in [0.25, 0.3) is 0 Å². The van der Waals surface area contributed by atoms with Crippen LogP contribution in [0.2, 0.25) is 0 Å². The molecule has 1 N–H and O–H groups in total. The number of aliphatic carboxylic acids is 1. The SMILES string of the molecule is C=C(C)C(=O)O.CCC1CCCCC1. The van der Waals surface area contributed by atoms with Crippen LogP contribution in [-0.2, 0) is 4.79 Å². The van der Waals surface area contributed by atoms with E-state index in [1.54, 1.807) is 0 Å². The van der Waals surface area contributed by atoms with Crippen LogP contribution in [0.15, 0.2) is 12.2 Å². The quantitative estimate of drug-likeness (QED) is 0.688. The van der Waals surface area contributed by atoms with E-state index in [0.29, 0.717) is 0 Å². The topological polar surface area (TPSA) is 37.3 Å². The fourth-order valence-electron chi connectivity index (χ4n) is 1.60. The fourth-order valence-corrected chi connectivity index (χ4v) is 1.60. The highest BCUT2D eigenvalue weighted by molar-refractivity contribution is 5.84. The molecule has 1 saturated carbocycles. The molecule has 1 rings (SSSR count). The molecule has 1 aliphatic rings. The van der Waals surface area contributed by atoms with Crippen LogP contribution in [0.4, 0.5) is 0 Å². The van der Waals surface area contributed by atoms with Crippen LogP contribution in [0, 0.1) is 5.92 Å². The molecule has 0 aromatic carbocycles. The van der Waals surface area contributed by atoms with Gasteiger partial charge < -0.3 is 5.11 Å². The van der Waals surface area contributed by atoms with Crippen LogP contribution in [0.5, 0.6) is 0 Å². The third-order valence-corrected chi connectivity index (χ3v) is 2.67. The highest BCUT2D eigenvalue weighted by Crippen LogP contribution is 2.25. The van der Waals surface area contributed by atoms with Gasteiger partial charge in [-0.25, -0.2) is 4.79 Å². The van der Waals surface area contributed by atoms with Crippen molar-refractivity contribution in [3.05, 3.63) is 12.2 Å². The molecule has 0 bridgehead atoms. The van der Waals surface area contributed by atoms with E-state index in [-0.39, 0.29) is 5.57 Å². The van der Waals surface area contributed by atoms with E-state index in [1.807, 2.05) is 0 Å². The lowest BCUT2D eigenvalue weighted by molar-refractivity contribution is -0.132. The smallest absolute Gasteiger partial charge is 0.330 e. The zero-order chi connectivity index (χ0) is 11.0. The monoisotopic (exact) mass is 198 g/mol. The number of hydrogen-bond acceptors (Lipinski definition) is 1. The molecule has 2 nitrogen and oxygen atoms in total. The van der Waals surface area contributed by atoms with Crippen molar-refractivity contribution in [1.82, 2.24) is 0 Å². The van der Waals surface area contributed by atoms with E-state index in [1.165, 1.54) is 45.4 Å². The predicted octanol–water partition coefficient (Wildman–Crippen LogP) is 3.62. The molecule has 1 fully saturated rings. The van der Waals surface area contributed by atoms with Gasteiger partial charge >= 0.3 is 5.97 Å². The molecular weight excluding hydrogens is 176 g/mol. The molecule has 0 saturated heterocycles. The first-order valence-corrected chi connectivity index (χ1v) is 5.46. The molecule has 0 radical (unpaired) electrons. The van der Waals surface area contributed by atoms with Crippen LogP contribution in [0.25, 0.3) is 0 Å². The molecule has 0 aromatic heterocycles. The van der Waals surface area contributed by atoms with E-state index in [0.717, 1.165) is 5.92 Å². The standard InChI is InChI=1S/C8H16.C4H6O2/c1-2-8-6-4-3-5-7-8;1-3(2)4(5)6/h8H,2-7H2,1H3;1H2,2H3,(H,5,6). The summed E-state index contributed by atoms with van der Waals surface area (Å²) in [6, 6.07) is 0. The first-order valence-electron chi connectivity index (χ1n) is 5.46. The summed E-state index contributed by atoms with van der Waals surface area (Å²) in [5, 5.41) is 7.89. The van der Waals surface area contributed by atoms with Crippen LogP contribution < -0.4 is 0 Å². The van der Waals surface area contributed by atoms with Crippen LogP contribution in [-0.4, -0.2) is 11.1 Å². The van der Waals surface area contributed by atoms with Gasteiger partial charge in [-0.3, -0.25) is 0 Å².